The molecule has 2 atom stereocenters. The van der Waals surface area contributed by atoms with Gasteiger partial charge in [-0.2, -0.15) is 0 Å². The molecule has 3 aliphatic rings. The monoisotopic (exact) mass is 448 g/mol. The number of hydrogen-bond acceptors (Lipinski definition) is 3. The van der Waals surface area contributed by atoms with Gasteiger partial charge in [-0.3, -0.25) is 0 Å². The Kier molecular flexibility index (Phi) is 2.96. The Hall–Kier alpha value is -2.22. The summed E-state index contributed by atoms with van der Waals surface area (Å²) in [5, 5.41) is 3.52. The number of carbonyl (C=O) groups is 1. The van der Waals surface area contributed by atoms with Crippen LogP contribution in [0.2, 0.25) is 0 Å². The van der Waals surface area contributed by atoms with Crippen molar-refractivity contribution in [3.63, 3.8) is 0 Å². The molecule has 0 bridgehead atoms. The molecule has 0 amide bonds. The molecule has 6 heteroatoms. The SMILES string of the molecule is C=CC1(C)c2ccccc2C2=[N+](CCN2)[I-]12OC(=O)c1cccc[n+]12. The van der Waals surface area contributed by atoms with Gasteiger partial charge in [0.05, 0.1) is 0 Å². The van der Waals surface area contributed by atoms with Crippen LogP contribution in [0, 0.1) is 0 Å². The molecule has 0 aliphatic carbocycles. The topological polar surface area (TPSA) is 45.2 Å². The second-order valence-electron chi connectivity index (χ2n) is 6.41. The summed E-state index contributed by atoms with van der Waals surface area (Å²) < 4.78 is 10.4. The van der Waals surface area contributed by atoms with Gasteiger partial charge in [0.2, 0.25) is 0 Å². The summed E-state index contributed by atoms with van der Waals surface area (Å²) in [7, 11) is 0. The Morgan fingerprint density at radius 2 is 2.08 bits per heavy atom. The van der Waals surface area contributed by atoms with Gasteiger partial charge < -0.3 is 0 Å². The van der Waals surface area contributed by atoms with E-state index in [0.29, 0.717) is 5.69 Å². The van der Waals surface area contributed by atoms with Gasteiger partial charge >= 0.3 is 152 Å². The maximum atomic E-state index is 12.8. The molecule has 0 saturated carbocycles. The van der Waals surface area contributed by atoms with Gasteiger partial charge in [-0.05, 0) is 0 Å². The average molecular weight is 448 g/mol. The molecule has 4 heterocycles. The molecule has 2 aromatic rings. The van der Waals surface area contributed by atoms with Gasteiger partial charge in [0.25, 0.3) is 0 Å². The molecular formula is C19H19IN3O2+. The van der Waals surface area contributed by atoms with Crippen molar-refractivity contribution >= 4 is 11.8 Å². The molecule has 3 aliphatic heterocycles. The molecule has 5 rings (SSSR count). The van der Waals surface area contributed by atoms with Crippen LogP contribution in [0.3, 0.4) is 0 Å². The third kappa shape index (κ3) is 1.61. The predicted octanol–water partition coefficient (Wildman–Crippen LogP) is -1.62. The van der Waals surface area contributed by atoms with E-state index in [0.717, 1.165) is 18.9 Å². The van der Waals surface area contributed by atoms with Crippen LogP contribution in [0.5, 0.6) is 0 Å². The zero-order valence-electron chi connectivity index (χ0n) is 13.9. The Morgan fingerprint density at radius 1 is 1.28 bits per heavy atom. The maximum absolute atomic E-state index is 12.8. The van der Waals surface area contributed by atoms with Gasteiger partial charge in [-0.1, -0.05) is 0 Å². The van der Waals surface area contributed by atoms with Crippen LogP contribution in [-0.2, 0) is 6.49 Å². The van der Waals surface area contributed by atoms with Crippen molar-refractivity contribution in [1.29, 1.82) is 0 Å². The zero-order valence-corrected chi connectivity index (χ0v) is 16.1. The summed E-state index contributed by atoms with van der Waals surface area (Å²) in [5.41, 5.74) is 2.99. The van der Waals surface area contributed by atoms with Crippen molar-refractivity contribution in [1.82, 2.24) is 5.32 Å². The van der Waals surface area contributed by atoms with Crippen LogP contribution in [-0.4, -0.2) is 27.7 Å². The van der Waals surface area contributed by atoms with Crippen molar-refractivity contribution in [3.05, 3.63) is 78.1 Å². The average Bonchev–Trinajstić information content (AvgIpc) is 3.25. The summed E-state index contributed by atoms with van der Waals surface area (Å²) in [6.45, 7) is 8.02. The van der Waals surface area contributed by atoms with Crippen molar-refractivity contribution in [2.75, 3.05) is 13.1 Å². The molecule has 5 nitrogen and oxygen atoms in total. The fourth-order valence-electron chi connectivity index (χ4n) is 3.96. The van der Waals surface area contributed by atoms with Gasteiger partial charge in [-0.15, -0.1) is 0 Å². The van der Waals surface area contributed by atoms with E-state index in [2.05, 4.69) is 42.6 Å². The molecule has 128 valence electrons. The number of rotatable bonds is 1. The van der Waals surface area contributed by atoms with Crippen molar-refractivity contribution in [3.8, 4) is 0 Å². The van der Waals surface area contributed by atoms with Gasteiger partial charge in [0.1, 0.15) is 0 Å². The fourth-order valence-corrected chi connectivity index (χ4v) is 14.0. The standard InChI is InChI=1S/C19H19IN3O2/c1-3-19(2)15-9-5-4-8-14(15)17-21-11-13-23(17)20(19)22-12-7-6-10-16(22)18(24)25-20/h3-10,12,21H,1,11,13H2,2H3/q+1. The first kappa shape index (κ1) is 15.1. The van der Waals surface area contributed by atoms with E-state index in [4.69, 9.17) is 3.07 Å². The summed E-state index contributed by atoms with van der Waals surface area (Å²) in [4.78, 5) is 12.8. The van der Waals surface area contributed by atoms with Crippen LogP contribution in [0.1, 0.15) is 28.5 Å². The Balaban J connectivity index is 1.94. The Labute approximate surface area is 151 Å². The number of pyridine rings is 1. The first-order valence-corrected chi connectivity index (χ1v) is 12.2. The summed E-state index contributed by atoms with van der Waals surface area (Å²) in [5.74, 6) is 0.860. The number of nitrogens with one attached hydrogen (secondary N) is 1. The zero-order chi connectivity index (χ0) is 17.2. The van der Waals surface area contributed by atoms with E-state index in [1.54, 1.807) is 0 Å². The minimum absolute atomic E-state index is 0.226. The molecule has 0 saturated heterocycles. The third-order valence-corrected chi connectivity index (χ3v) is 14.9. The van der Waals surface area contributed by atoms with Crippen LogP contribution in [0.4, 0.5) is 0 Å². The van der Waals surface area contributed by atoms with Crippen LogP contribution < -0.4 is 27.5 Å². The molecule has 0 fully saturated rings. The quantitative estimate of drug-likeness (QED) is 0.247. The molecule has 1 spiro atoms. The van der Waals surface area contributed by atoms with Gasteiger partial charge in [0.15, 0.2) is 0 Å². The number of halogens is 1. The van der Waals surface area contributed by atoms with Gasteiger partial charge in [-0.25, -0.2) is 0 Å². The number of nitrogens with zero attached hydrogens (tertiary/aromatic N) is 2. The van der Waals surface area contributed by atoms with Gasteiger partial charge in [0, 0.05) is 0 Å². The van der Waals surface area contributed by atoms with Crippen molar-refractivity contribution < 1.29 is 32.8 Å². The minimum atomic E-state index is -3.54. The van der Waals surface area contributed by atoms with Crippen LogP contribution in [0.15, 0.2) is 61.3 Å². The second-order valence-corrected chi connectivity index (χ2v) is 13.9. The van der Waals surface area contributed by atoms with E-state index in [9.17, 15) is 4.79 Å². The number of alkyl halides is 1. The summed E-state index contributed by atoms with van der Waals surface area (Å²) >= 11 is -3.54. The molecule has 0 radical (unpaired) electrons. The van der Waals surface area contributed by atoms with E-state index in [-0.39, 0.29) is 5.97 Å². The van der Waals surface area contributed by atoms with Crippen LogP contribution in [0.25, 0.3) is 0 Å². The van der Waals surface area contributed by atoms with E-state index in [1.807, 2.05) is 36.5 Å². The predicted molar refractivity (Wildman–Crippen MR) is 88.7 cm³/mol. The Morgan fingerprint density at radius 3 is 2.92 bits per heavy atom. The van der Waals surface area contributed by atoms with E-state index >= 15 is 0 Å². The van der Waals surface area contributed by atoms with E-state index < -0.39 is 22.8 Å². The number of aromatic nitrogens is 1. The Bertz CT molecular complexity index is 986. The third-order valence-electron chi connectivity index (χ3n) is 5.17. The number of benzene rings is 1. The van der Waals surface area contributed by atoms with E-state index in [1.165, 1.54) is 11.1 Å². The number of allylic oxidation sites excluding steroid dienone is 1. The van der Waals surface area contributed by atoms with Crippen LogP contribution >= 0.6 is 0 Å². The molecule has 2 unspecified atom stereocenters. The molecular weight excluding hydrogens is 429 g/mol. The molecule has 1 N–H and O–H groups in total. The molecule has 25 heavy (non-hydrogen) atoms. The van der Waals surface area contributed by atoms with Crippen molar-refractivity contribution in [2.24, 2.45) is 0 Å². The first-order chi connectivity index (χ1) is 12.1. The van der Waals surface area contributed by atoms with Crippen molar-refractivity contribution in [2.45, 2.75) is 10.3 Å². The summed E-state index contributed by atoms with van der Waals surface area (Å²) in [6.07, 6.45) is 3.99. The number of amidine groups is 1. The number of carbonyl (C=O) groups excluding carboxylic acids is 1. The molecule has 1 aromatic carbocycles. The molecule has 1 aromatic heterocycles. The second kappa shape index (κ2) is 4.91. The summed E-state index contributed by atoms with van der Waals surface area (Å²) in [6, 6.07) is 14.1. The number of hydrogen-bond donors (Lipinski definition) is 1. The number of fused-ring (bicyclic) bond motifs is 5. The first-order valence-electron chi connectivity index (χ1n) is 8.28. The normalized spacial score (nSPS) is 31.5. The fraction of sp³-hybridized carbons (Fsp3) is 0.211.